The number of fused-ring (bicyclic) bond motifs is 7. The lowest BCUT2D eigenvalue weighted by atomic mass is 9.67. The molecule has 0 atom stereocenters. The molecular formula is C81H66N4O. The van der Waals surface area contributed by atoms with Crippen LogP contribution >= 0.6 is 0 Å². The van der Waals surface area contributed by atoms with Gasteiger partial charge in [-0.1, -0.05) is 236 Å². The Morgan fingerprint density at radius 1 is 0.384 bits per heavy atom. The van der Waals surface area contributed by atoms with Crippen LogP contribution in [0, 0.1) is 0 Å². The van der Waals surface area contributed by atoms with Crippen molar-refractivity contribution in [2.45, 2.75) is 57.8 Å². The van der Waals surface area contributed by atoms with Crippen LogP contribution in [-0.4, -0.2) is 16.2 Å². The highest BCUT2D eigenvalue weighted by Crippen LogP contribution is 2.57. The number of benzene rings is 11. The first-order valence-corrected chi connectivity index (χ1v) is 30.0. The van der Waals surface area contributed by atoms with Gasteiger partial charge in [0.05, 0.1) is 33.5 Å². The van der Waals surface area contributed by atoms with E-state index in [0.717, 1.165) is 72.9 Å². The maximum absolute atomic E-state index is 7.08. The van der Waals surface area contributed by atoms with Crippen LogP contribution in [0.15, 0.2) is 279 Å². The Bertz CT molecular complexity index is 4620. The third-order valence-electron chi connectivity index (χ3n) is 17.9. The minimum atomic E-state index is -0.618. The summed E-state index contributed by atoms with van der Waals surface area (Å²) in [6.45, 7) is 14.4. The monoisotopic (exact) mass is 1110 g/mol. The van der Waals surface area contributed by atoms with E-state index in [1.165, 1.54) is 66.9 Å². The highest BCUT2D eigenvalue weighted by atomic mass is 16.5. The van der Waals surface area contributed by atoms with Crippen LogP contribution < -0.4 is 14.5 Å². The second-order valence-electron chi connectivity index (χ2n) is 25.2. The molecule has 13 aromatic rings. The molecule has 0 saturated heterocycles. The molecule has 0 bridgehead atoms. The molecule has 0 N–H and O–H groups in total. The number of pyridine rings is 1. The first-order chi connectivity index (χ1) is 41.9. The van der Waals surface area contributed by atoms with Crippen LogP contribution in [0.25, 0.3) is 72.1 Å². The maximum atomic E-state index is 7.08. The fourth-order valence-corrected chi connectivity index (χ4v) is 13.6. The number of nitrogens with zero attached hydrogens (tertiary/aromatic N) is 4. The number of rotatable bonds is 10. The van der Waals surface area contributed by atoms with Gasteiger partial charge in [0.15, 0.2) is 0 Å². The van der Waals surface area contributed by atoms with E-state index in [-0.39, 0.29) is 10.8 Å². The van der Waals surface area contributed by atoms with E-state index < -0.39 is 5.41 Å². The first kappa shape index (κ1) is 52.6. The van der Waals surface area contributed by atoms with Gasteiger partial charge >= 0.3 is 0 Å². The number of hydrogen-bond acceptors (Lipinski definition) is 4. The van der Waals surface area contributed by atoms with Gasteiger partial charge in [-0.25, -0.2) is 4.98 Å². The van der Waals surface area contributed by atoms with Crippen molar-refractivity contribution in [1.82, 2.24) is 9.55 Å². The van der Waals surface area contributed by atoms with Gasteiger partial charge in [-0.15, -0.1) is 0 Å². The molecule has 5 nitrogen and oxygen atoms in total. The molecule has 2 aliphatic rings. The first-order valence-electron chi connectivity index (χ1n) is 30.0. The maximum Gasteiger partial charge on any atom is 0.137 e. The van der Waals surface area contributed by atoms with E-state index in [1.807, 2.05) is 6.20 Å². The molecule has 86 heavy (non-hydrogen) atoms. The second kappa shape index (κ2) is 20.5. The Balaban J connectivity index is 0.853. The third kappa shape index (κ3) is 8.79. The van der Waals surface area contributed by atoms with Crippen LogP contribution in [-0.2, 0) is 16.2 Å². The Hall–Kier alpha value is -10.2. The molecule has 0 amide bonds. The standard InChI is InChI=1S/C81H66N4O/c1-79(2,3)58-38-40-59(41-39-58)81(71-33-18-16-31-65(71)66-32-17-19-34-72(66)81)60-45-46-82-77(50-60)85-75-47-57(54-23-10-7-11-24-54)37-43-67(75)68-44-42-64(52-76(68)85)86-63-30-22-29-62(51-63)83-53-84(74-36-21-20-35-73(74)83)78-69(55-25-12-8-13-26-55)48-61(80(4,5)6)49-70(78)56-27-14-9-15-28-56/h7-52H,53H2,1-6H3. The zero-order valence-electron chi connectivity index (χ0n) is 49.5. The minimum absolute atomic E-state index is 0.00480. The molecule has 15 rings (SSSR count). The summed E-state index contributed by atoms with van der Waals surface area (Å²) < 4.78 is 9.43. The molecule has 0 spiro atoms. The third-order valence-corrected chi connectivity index (χ3v) is 17.9. The van der Waals surface area contributed by atoms with E-state index in [9.17, 15) is 0 Å². The van der Waals surface area contributed by atoms with Crippen LogP contribution in [0.4, 0.5) is 22.7 Å². The summed E-state index contributed by atoms with van der Waals surface area (Å²) >= 11 is 0. The molecule has 0 radical (unpaired) electrons. The molecule has 416 valence electrons. The topological polar surface area (TPSA) is 33.5 Å². The average molecular weight is 1110 g/mol. The Labute approximate surface area is 504 Å². The van der Waals surface area contributed by atoms with E-state index in [1.54, 1.807) is 0 Å². The summed E-state index contributed by atoms with van der Waals surface area (Å²) in [5.41, 5.74) is 23.0. The number of hydrogen-bond donors (Lipinski definition) is 0. The van der Waals surface area contributed by atoms with E-state index in [4.69, 9.17) is 9.72 Å². The van der Waals surface area contributed by atoms with E-state index in [2.05, 4.69) is 329 Å². The van der Waals surface area contributed by atoms with Crippen LogP contribution in [0.2, 0.25) is 0 Å². The largest absolute Gasteiger partial charge is 0.457 e. The van der Waals surface area contributed by atoms with Crippen LogP contribution in [0.1, 0.15) is 74.9 Å². The normalized spacial score (nSPS) is 13.5. The van der Waals surface area contributed by atoms with Crippen molar-refractivity contribution < 1.29 is 4.74 Å². The number of ether oxygens (including phenoxy) is 1. The fourth-order valence-electron chi connectivity index (χ4n) is 13.6. The molecule has 5 heteroatoms. The van der Waals surface area contributed by atoms with Gasteiger partial charge in [0.1, 0.15) is 24.0 Å². The van der Waals surface area contributed by atoms with Crippen molar-refractivity contribution in [3.8, 4) is 61.8 Å². The molecule has 2 aromatic heterocycles. The Morgan fingerprint density at radius 2 is 0.919 bits per heavy atom. The van der Waals surface area contributed by atoms with Crippen LogP contribution in [0.5, 0.6) is 11.5 Å². The number of aromatic nitrogens is 2. The van der Waals surface area contributed by atoms with Gasteiger partial charge in [-0.3, -0.25) is 4.57 Å². The highest BCUT2D eigenvalue weighted by Gasteiger charge is 2.46. The van der Waals surface area contributed by atoms with Gasteiger partial charge < -0.3 is 14.5 Å². The Kier molecular flexibility index (Phi) is 12.6. The molecule has 0 unspecified atom stereocenters. The lowest BCUT2D eigenvalue weighted by Gasteiger charge is -2.34. The average Bonchev–Trinajstić information content (AvgIpc) is 1.55. The molecule has 1 aliphatic heterocycles. The SMILES string of the molecule is CC(C)(C)c1ccc(C2(c3ccnc(-n4c5cc(Oc6cccc(N7CN(c8c(-c9ccccc9)cc(C(C)(C)C)cc8-c8ccccc8)c8ccccc87)c6)ccc5c5ccc(-c6ccccc6)cc54)c3)c3ccccc3-c3ccccc32)cc1. The van der Waals surface area contributed by atoms with Gasteiger partial charge in [-0.05, 0) is 144 Å². The van der Waals surface area contributed by atoms with Gasteiger partial charge in [0.25, 0.3) is 0 Å². The molecule has 11 aromatic carbocycles. The van der Waals surface area contributed by atoms with Gasteiger partial charge in [-0.2, -0.15) is 0 Å². The molecule has 0 saturated carbocycles. The number of para-hydroxylation sites is 2. The molecular weight excluding hydrogens is 1040 g/mol. The summed E-state index contributed by atoms with van der Waals surface area (Å²) in [4.78, 5) is 10.3. The van der Waals surface area contributed by atoms with Crippen LogP contribution in [0.3, 0.4) is 0 Å². The predicted molar refractivity (Wildman–Crippen MR) is 358 cm³/mol. The summed E-state index contributed by atoms with van der Waals surface area (Å²) in [6, 6.07) is 99.8. The van der Waals surface area contributed by atoms with E-state index >= 15 is 0 Å². The summed E-state index contributed by atoms with van der Waals surface area (Å²) in [6.07, 6.45) is 2.01. The zero-order chi connectivity index (χ0) is 58.3. The molecule has 1 aliphatic carbocycles. The number of anilines is 4. The lowest BCUT2D eigenvalue weighted by Crippen LogP contribution is -2.29. The summed E-state index contributed by atoms with van der Waals surface area (Å²) in [5.74, 6) is 2.31. The molecule has 0 fully saturated rings. The molecule has 3 heterocycles. The highest BCUT2D eigenvalue weighted by molar-refractivity contribution is 6.10. The summed E-state index contributed by atoms with van der Waals surface area (Å²) in [7, 11) is 0. The lowest BCUT2D eigenvalue weighted by molar-refractivity contribution is 0.483. The van der Waals surface area contributed by atoms with Gasteiger partial charge in [0.2, 0.25) is 0 Å². The van der Waals surface area contributed by atoms with Crippen molar-refractivity contribution >= 4 is 44.6 Å². The smallest absolute Gasteiger partial charge is 0.137 e. The van der Waals surface area contributed by atoms with E-state index in [0.29, 0.717) is 6.67 Å². The van der Waals surface area contributed by atoms with Crippen molar-refractivity contribution in [2.75, 3.05) is 16.5 Å². The Morgan fingerprint density at radius 3 is 1.53 bits per heavy atom. The predicted octanol–water partition coefficient (Wildman–Crippen LogP) is 21.2. The van der Waals surface area contributed by atoms with Gasteiger partial charge in [0, 0.05) is 45.9 Å². The second-order valence-corrected chi connectivity index (χ2v) is 25.2. The van der Waals surface area contributed by atoms with Crippen molar-refractivity contribution in [2.24, 2.45) is 0 Å². The minimum Gasteiger partial charge on any atom is -0.457 e. The van der Waals surface area contributed by atoms with Crippen molar-refractivity contribution in [1.29, 1.82) is 0 Å². The van der Waals surface area contributed by atoms with Crippen molar-refractivity contribution in [3.63, 3.8) is 0 Å². The van der Waals surface area contributed by atoms with Crippen molar-refractivity contribution in [3.05, 3.63) is 313 Å². The quantitative estimate of drug-likeness (QED) is 0.137. The zero-order valence-corrected chi connectivity index (χ0v) is 49.5. The fraction of sp³-hybridized carbons (Fsp3) is 0.123. The summed E-state index contributed by atoms with van der Waals surface area (Å²) in [5, 5.41) is 2.26.